The molecule has 0 spiro atoms. The van der Waals surface area contributed by atoms with Crippen LogP contribution in [0.4, 0.5) is 0 Å². The van der Waals surface area contributed by atoms with Crippen LogP contribution < -0.4 is 5.73 Å². The summed E-state index contributed by atoms with van der Waals surface area (Å²) < 4.78 is 1.78. The minimum atomic E-state index is 0.0721. The Labute approximate surface area is 114 Å². The summed E-state index contributed by atoms with van der Waals surface area (Å²) in [5.74, 6) is 0.0721. The fourth-order valence-corrected chi connectivity index (χ4v) is 2.79. The van der Waals surface area contributed by atoms with Crippen molar-refractivity contribution in [3.05, 3.63) is 17.5 Å². The summed E-state index contributed by atoms with van der Waals surface area (Å²) in [6, 6.07) is 2.49. The van der Waals surface area contributed by atoms with E-state index in [0.29, 0.717) is 17.8 Å². The normalized spacial score (nSPS) is 23.4. The molecule has 0 radical (unpaired) electrons. The first-order valence-corrected chi connectivity index (χ1v) is 7.10. The summed E-state index contributed by atoms with van der Waals surface area (Å²) in [5, 5.41) is 4.34. The predicted molar refractivity (Wildman–Crippen MR) is 75.0 cm³/mol. The van der Waals surface area contributed by atoms with Gasteiger partial charge in [-0.1, -0.05) is 0 Å². The highest BCUT2D eigenvalue weighted by molar-refractivity contribution is 5.92. The van der Waals surface area contributed by atoms with Gasteiger partial charge in [-0.05, 0) is 45.6 Å². The van der Waals surface area contributed by atoms with E-state index < -0.39 is 0 Å². The van der Waals surface area contributed by atoms with Gasteiger partial charge in [0.2, 0.25) is 0 Å². The lowest BCUT2D eigenvalue weighted by molar-refractivity contribution is 0.0677. The maximum Gasteiger partial charge on any atom is 0.272 e. The second kappa shape index (κ2) is 5.74. The van der Waals surface area contributed by atoms with Gasteiger partial charge >= 0.3 is 0 Å². The van der Waals surface area contributed by atoms with Gasteiger partial charge in [0.15, 0.2) is 0 Å². The number of nitrogens with two attached hydrogens (primary N) is 1. The summed E-state index contributed by atoms with van der Waals surface area (Å²) in [4.78, 5) is 14.4. The first-order chi connectivity index (χ1) is 9.02. The standard InChI is InChI=1S/C14H24N4O/c1-4-18-13(9-10(2)16-18)14(19)17(3)12-7-5-11(15)6-8-12/h9,11-12H,4-8,15H2,1-3H3. The number of aromatic nitrogens is 2. The number of aryl methyl sites for hydroxylation is 2. The second-order valence-electron chi connectivity index (χ2n) is 5.47. The van der Waals surface area contributed by atoms with E-state index in [1.54, 1.807) is 4.68 Å². The van der Waals surface area contributed by atoms with E-state index in [9.17, 15) is 4.79 Å². The van der Waals surface area contributed by atoms with Crippen molar-refractivity contribution in [1.82, 2.24) is 14.7 Å². The van der Waals surface area contributed by atoms with Crippen molar-refractivity contribution in [1.29, 1.82) is 0 Å². The molecule has 2 rings (SSSR count). The second-order valence-corrected chi connectivity index (χ2v) is 5.47. The van der Waals surface area contributed by atoms with Crippen LogP contribution in [0.25, 0.3) is 0 Å². The molecule has 5 heteroatoms. The summed E-state index contributed by atoms with van der Waals surface area (Å²) in [6.07, 6.45) is 4.02. The molecule has 1 heterocycles. The molecule has 5 nitrogen and oxygen atoms in total. The SMILES string of the molecule is CCn1nc(C)cc1C(=O)N(C)C1CCC(N)CC1. The molecule has 1 fully saturated rings. The number of hydrogen-bond donors (Lipinski definition) is 1. The van der Waals surface area contributed by atoms with Crippen LogP contribution in [0.3, 0.4) is 0 Å². The number of amides is 1. The van der Waals surface area contributed by atoms with Crippen LogP contribution in [0, 0.1) is 6.92 Å². The third-order valence-electron chi connectivity index (χ3n) is 4.03. The average molecular weight is 264 g/mol. The van der Waals surface area contributed by atoms with Crippen LogP contribution >= 0.6 is 0 Å². The Kier molecular flexibility index (Phi) is 4.24. The third kappa shape index (κ3) is 2.97. The molecular formula is C14H24N4O. The van der Waals surface area contributed by atoms with Gasteiger partial charge in [-0.25, -0.2) is 0 Å². The van der Waals surface area contributed by atoms with Gasteiger partial charge in [-0.15, -0.1) is 0 Å². The van der Waals surface area contributed by atoms with Crippen LogP contribution in [0.1, 0.15) is 48.8 Å². The van der Waals surface area contributed by atoms with E-state index in [2.05, 4.69) is 5.10 Å². The van der Waals surface area contributed by atoms with Crippen LogP contribution in [-0.2, 0) is 6.54 Å². The van der Waals surface area contributed by atoms with Gasteiger partial charge < -0.3 is 10.6 Å². The predicted octanol–water partition coefficient (Wildman–Crippen LogP) is 1.55. The monoisotopic (exact) mass is 264 g/mol. The first kappa shape index (κ1) is 14.1. The maximum absolute atomic E-state index is 12.6. The number of rotatable bonds is 3. The van der Waals surface area contributed by atoms with Gasteiger partial charge in [0.25, 0.3) is 5.91 Å². The average Bonchev–Trinajstić information content (AvgIpc) is 2.79. The first-order valence-electron chi connectivity index (χ1n) is 7.10. The zero-order chi connectivity index (χ0) is 14.0. The highest BCUT2D eigenvalue weighted by Crippen LogP contribution is 2.22. The number of nitrogens with zero attached hydrogens (tertiary/aromatic N) is 3. The lowest BCUT2D eigenvalue weighted by Gasteiger charge is -2.33. The maximum atomic E-state index is 12.6. The lowest BCUT2D eigenvalue weighted by atomic mass is 9.91. The molecule has 1 saturated carbocycles. The topological polar surface area (TPSA) is 64.2 Å². The molecule has 0 saturated heterocycles. The molecule has 1 aromatic rings. The molecular weight excluding hydrogens is 240 g/mol. The Balaban J connectivity index is 2.10. The van der Waals surface area contributed by atoms with Gasteiger partial charge in [-0.2, -0.15) is 5.10 Å². The van der Waals surface area contributed by atoms with Crippen LogP contribution in [0.5, 0.6) is 0 Å². The van der Waals surface area contributed by atoms with E-state index in [1.807, 2.05) is 31.9 Å². The fourth-order valence-electron chi connectivity index (χ4n) is 2.79. The zero-order valence-corrected chi connectivity index (χ0v) is 12.1. The van der Waals surface area contributed by atoms with E-state index in [1.165, 1.54) is 0 Å². The summed E-state index contributed by atoms with van der Waals surface area (Å²) in [7, 11) is 1.90. The van der Waals surface area contributed by atoms with Gasteiger partial charge in [0.1, 0.15) is 5.69 Å². The summed E-state index contributed by atoms with van der Waals surface area (Å²) in [6.45, 7) is 4.64. The van der Waals surface area contributed by atoms with Gasteiger partial charge in [0.05, 0.1) is 5.69 Å². The molecule has 1 aromatic heterocycles. The van der Waals surface area contributed by atoms with Crippen molar-refractivity contribution in [3.63, 3.8) is 0 Å². The summed E-state index contributed by atoms with van der Waals surface area (Å²) in [5.41, 5.74) is 7.50. The Bertz CT molecular complexity index is 446. The molecule has 0 bridgehead atoms. The molecule has 106 valence electrons. The Morgan fingerprint density at radius 2 is 2.11 bits per heavy atom. The highest BCUT2D eigenvalue weighted by atomic mass is 16.2. The number of hydrogen-bond acceptors (Lipinski definition) is 3. The lowest BCUT2D eigenvalue weighted by Crippen LogP contribution is -2.42. The van der Waals surface area contributed by atoms with Crippen molar-refractivity contribution in [2.45, 2.75) is 58.2 Å². The molecule has 1 aliphatic carbocycles. The van der Waals surface area contributed by atoms with Crippen LogP contribution in [-0.4, -0.2) is 39.7 Å². The molecule has 0 atom stereocenters. The fraction of sp³-hybridized carbons (Fsp3) is 0.714. The van der Waals surface area contributed by atoms with E-state index in [0.717, 1.165) is 37.9 Å². The molecule has 19 heavy (non-hydrogen) atoms. The molecule has 0 unspecified atom stereocenters. The number of carbonyl (C=O) groups is 1. The highest BCUT2D eigenvalue weighted by Gasteiger charge is 2.27. The summed E-state index contributed by atoms with van der Waals surface area (Å²) >= 11 is 0. The Morgan fingerprint density at radius 3 is 2.68 bits per heavy atom. The van der Waals surface area contributed by atoms with Crippen molar-refractivity contribution >= 4 is 5.91 Å². The number of carbonyl (C=O) groups excluding carboxylic acids is 1. The minimum absolute atomic E-state index is 0.0721. The molecule has 1 aliphatic rings. The molecule has 0 aromatic carbocycles. The van der Waals surface area contributed by atoms with Crippen LogP contribution in [0.15, 0.2) is 6.07 Å². The van der Waals surface area contributed by atoms with E-state index >= 15 is 0 Å². The quantitative estimate of drug-likeness (QED) is 0.901. The largest absolute Gasteiger partial charge is 0.337 e. The molecule has 2 N–H and O–H groups in total. The van der Waals surface area contributed by atoms with E-state index in [-0.39, 0.29) is 5.91 Å². The van der Waals surface area contributed by atoms with Gasteiger partial charge in [-0.3, -0.25) is 9.48 Å². The Morgan fingerprint density at radius 1 is 1.47 bits per heavy atom. The third-order valence-corrected chi connectivity index (χ3v) is 4.03. The van der Waals surface area contributed by atoms with E-state index in [4.69, 9.17) is 5.73 Å². The molecule has 0 aliphatic heterocycles. The van der Waals surface area contributed by atoms with Crippen molar-refractivity contribution < 1.29 is 4.79 Å². The zero-order valence-electron chi connectivity index (χ0n) is 12.1. The minimum Gasteiger partial charge on any atom is -0.337 e. The van der Waals surface area contributed by atoms with Crippen molar-refractivity contribution in [2.24, 2.45) is 5.73 Å². The Hall–Kier alpha value is -1.36. The van der Waals surface area contributed by atoms with Gasteiger partial charge in [0, 0.05) is 25.7 Å². The van der Waals surface area contributed by atoms with Crippen LogP contribution in [0.2, 0.25) is 0 Å². The smallest absolute Gasteiger partial charge is 0.272 e. The van der Waals surface area contributed by atoms with Crippen molar-refractivity contribution in [3.8, 4) is 0 Å². The molecule has 1 amide bonds. The van der Waals surface area contributed by atoms with Crippen molar-refractivity contribution in [2.75, 3.05) is 7.05 Å².